The van der Waals surface area contributed by atoms with Gasteiger partial charge in [0.2, 0.25) is 0 Å². The zero-order valence-corrected chi connectivity index (χ0v) is 13.0. The summed E-state index contributed by atoms with van der Waals surface area (Å²) >= 11 is 0. The molecule has 2 aromatic rings. The lowest BCUT2D eigenvalue weighted by Gasteiger charge is -2.19. The number of aryl methyl sites for hydroxylation is 1. The van der Waals surface area contributed by atoms with Gasteiger partial charge >= 0.3 is 0 Å². The highest BCUT2D eigenvalue weighted by atomic mass is 16.3. The predicted octanol–water partition coefficient (Wildman–Crippen LogP) is 4.69. The van der Waals surface area contributed by atoms with Crippen LogP contribution in [0.15, 0.2) is 47.1 Å². The molecule has 0 bridgehead atoms. The van der Waals surface area contributed by atoms with Crippen molar-refractivity contribution in [2.45, 2.75) is 45.1 Å². The molecule has 3 rings (SSSR count). The molecule has 3 atom stereocenters. The molecule has 1 aliphatic rings. The van der Waals surface area contributed by atoms with E-state index >= 15 is 0 Å². The molecule has 1 aliphatic carbocycles. The smallest absolute Gasteiger partial charge is 0.108 e. The first-order valence-corrected chi connectivity index (χ1v) is 8.19. The zero-order valence-electron chi connectivity index (χ0n) is 13.0. The van der Waals surface area contributed by atoms with Crippen LogP contribution in [-0.2, 0) is 6.42 Å². The average Bonchev–Trinajstić information content (AvgIpc) is 3.18. The molecule has 0 radical (unpaired) electrons. The molecule has 1 aromatic heterocycles. The summed E-state index contributed by atoms with van der Waals surface area (Å²) in [5.74, 6) is 2.53. The molecule has 1 aromatic carbocycles. The monoisotopic (exact) mass is 283 g/mol. The molecule has 1 heterocycles. The van der Waals surface area contributed by atoms with Gasteiger partial charge in [-0.05, 0) is 42.9 Å². The summed E-state index contributed by atoms with van der Waals surface area (Å²) in [7, 11) is 0. The molecule has 1 fully saturated rings. The molecule has 2 nitrogen and oxygen atoms in total. The lowest BCUT2D eigenvalue weighted by atomic mass is 9.98. The van der Waals surface area contributed by atoms with E-state index in [1.165, 1.54) is 24.0 Å². The van der Waals surface area contributed by atoms with Crippen molar-refractivity contribution in [1.82, 2.24) is 5.32 Å². The quantitative estimate of drug-likeness (QED) is 0.797. The maximum absolute atomic E-state index is 5.65. The summed E-state index contributed by atoms with van der Waals surface area (Å²) in [6.07, 6.45) is 5.25. The van der Waals surface area contributed by atoms with Gasteiger partial charge < -0.3 is 9.73 Å². The minimum absolute atomic E-state index is 0.434. The molecule has 0 amide bonds. The van der Waals surface area contributed by atoms with Crippen LogP contribution in [0, 0.1) is 5.92 Å². The van der Waals surface area contributed by atoms with Crippen molar-refractivity contribution >= 4 is 0 Å². The molecule has 3 unspecified atom stereocenters. The molecule has 0 aliphatic heterocycles. The van der Waals surface area contributed by atoms with Crippen molar-refractivity contribution in [3.8, 4) is 0 Å². The topological polar surface area (TPSA) is 25.2 Å². The summed E-state index contributed by atoms with van der Waals surface area (Å²) in [5, 5.41) is 3.75. The Bertz CT molecular complexity index is 560. The first-order valence-electron chi connectivity index (χ1n) is 8.19. The highest BCUT2D eigenvalue weighted by Gasteiger charge is 2.44. The van der Waals surface area contributed by atoms with Crippen LogP contribution in [-0.4, -0.2) is 6.54 Å². The summed E-state index contributed by atoms with van der Waals surface area (Å²) in [6, 6.07) is 13.5. The van der Waals surface area contributed by atoms with Crippen LogP contribution in [0.1, 0.15) is 55.5 Å². The van der Waals surface area contributed by atoms with Crippen molar-refractivity contribution in [2.75, 3.05) is 6.54 Å². The summed E-state index contributed by atoms with van der Waals surface area (Å²) in [4.78, 5) is 0. The van der Waals surface area contributed by atoms with E-state index in [0.29, 0.717) is 17.9 Å². The number of hydrogen-bond donors (Lipinski definition) is 1. The van der Waals surface area contributed by atoms with E-state index < -0.39 is 0 Å². The fourth-order valence-corrected chi connectivity index (χ4v) is 3.37. The largest absolute Gasteiger partial charge is 0.469 e. The Hall–Kier alpha value is -1.54. The van der Waals surface area contributed by atoms with Crippen LogP contribution in [0.5, 0.6) is 0 Å². The molecular weight excluding hydrogens is 258 g/mol. The molecule has 0 spiro atoms. The Morgan fingerprint density at radius 1 is 1.19 bits per heavy atom. The number of furan rings is 1. The predicted molar refractivity (Wildman–Crippen MR) is 86.4 cm³/mol. The van der Waals surface area contributed by atoms with Crippen LogP contribution in [0.4, 0.5) is 0 Å². The van der Waals surface area contributed by atoms with E-state index in [2.05, 4.69) is 55.6 Å². The van der Waals surface area contributed by atoms with Crippen molar-refractivity contribution in [3.05, 3.63) is 59.5 Å². The van der Waals surface area contributed by atoms with E-state index in [1.807, 2.05) is 6.26 Å². The second kappa shape index (κ2) is 6.48. The SMILES string of the molecule is CCCNC(c1ccoc1CC)C1CC1c1ccccc1. The van der Waals surface area contributed by atoms with Gasteiger partial charge in [-0.2, -0.15) is 0 Å². The Labute approximate surface area is 127 Å². The van der Waals surface area contributed by atoms with Crippen LogP contribution < -0.4 is 5.32 Å². The first kappa shape index (κ1) is 14.4. The Morgan fingerprint density at radius 2 is 2.00 bits per heavy atom. The summed E-state index contributed by atoms with van der Waals surface area (Å²) < 4.78 is 5.65. The Kier molecular flexibility index (Phi) is 4.45. The lowest BCUT2D eigenvalue weighted by Crippen LogP contribution is -2.24. The van der Waals surface area contributed by atoms with Crippen LogP contribution >= 0.6 is 0 Å². The number of rotatable bonds is 7. The highest BCUT2D eigenvalue weighted by Crippen LogP contribution is 2.54. The Morgan fingerprint density at radius 3 is 2.71 bits per heavy atom. The maximum Gasteiger partial charge on any atom is 0.108 e. The van der Waals surface area contributed by atoms with Gasteiger partial charge in [-0.25, -0.2) is 0 Å². The lowest BCUT2D eigenvalue weighted by molar-refractivity contribution is 0.449. The van der Waals surface area contributed by atoms with E-state index in [4.69, 9.17) is 4.42 Å². The van der Waals surface area contributed by atoms with Gasteiger partial charge in [-0.3, -0.25) is 0 Å². The van der Waals surface area contributed by atoms with Gasteiger partial charge in [0.1, 0.15) is 5.76 Å². The molecule has 1 saturated carbocycles. The first-order chi connectivity index (χ1) is 10.3. The third kappa shape index (κ3) is 3.06. The number of benzene rings is 1. The van der Waals surface area contributed by atoms with Crippen LogP contribution in [0.3, 0.4) is 0 Å². The standard InChI is InChI=1S/C19H25NO/c1-3-11-20-19(15-10-12-21-18(15)4-2)17-13-16(17)14-8-6-5-7-9-14/h5-10,12,16-17,19-20H,3-4,11,13H2,1-2H3. The van der Waals surface area contributed by atoms with Crippen LogP contribution in [0.2, 0.25) is 0 Å². The van der Waals surface area contributed by atoms with Crippen molar-refractivity contribution < 1.29 is 4.42 Å². The van der Waals surface area contributed by atoms with E-state index in [0.717, 1.165) is 18.7 Å². The van der Waals surface area contributed by atoms with Crippen LogP contribution in [0.25, 0.3) is 0 Å². The maximum atomic E-state index is 5.65. The van der Waals surface area contributed by atoms with E-state index in [1.54, 1.807) is 0 Å². The van der Waals surface area contributed by atoms with Gasteiger partial charge in [0, 0.05) is 18.0 Å². The van der Waals surface area contributed by atoms with Gasteiger partial charge in [-0.1, -0.05) is 44.2 Å². The molecular formula is C19H25NO. The third-order valence-corrected chi connectivity index (χ3v) is 4.55. The van der Waals surface area contributed by atoms with Crippen molar-refractivity contribution in [2.24, 2.45) is 5.92 Å². The Balaban J connectivity index is 1.78. The minimum Gasteiger partial charge on any atom is -0.469 e. The van der Waals surface area contributed by atoms with Gasteiger partial charge in [0.25, 0.3) is 0 Å². The average molecular weight is 283 g/mol. The highest BCUT2D eigenvalue weighted by molar-refractivity contribution is 5.31. The second-order valence-corrected chi connectivity index (χ2v) is 6.00. The molecule has 2 heteroatoms. The van der Waals surface area contributed by atoms with Gasteiger partial charge in [0.05, 0.1) is 6.26 Å². The van der Waals surface area contributed by atoms with Crippen molar-refractivity contribution in [3.63, 3.8) is 0 Å². The normalized spacial score (nSPS) is 22.2. The van der Waals surface area contributed by atoms with Crippen molar-refractivity contribution in [1.29, 1.82) is 0 Å². The van der Waals surface area contributed by atoms with Gasteiger partial charge in [-0.15, -0.1) is 0 Å². The summed E-state index contributed by atoms with van der Waals surface area (Å²) in [6.45, 7) is 5.46. The molecule has 112 valence electrons. The molecule has 0 saturated heterocycles. The molecule has 21 heavy (non-hydrogen) atoms. The third-order valence-electron chi connectivity index (χ3n) is 4.55. The zero-order chi connectivity index (χ0) is 14.7. The number of hydrogen-bond acceptors (Lipinski definition) is 2. The summed E-state index contributed by atoms with van der Waals surface area (Å²) in [5.41, 5.74) is 2.85. The van der Waals surface area contributed by atoms with E-state index in [-0.39, 0.29) is 0 Å². The molecule has 1 N–H and O–H groups in total. The fourth-order valence-electron chi connectivity index (χ4n) is 3.37. The number of nitrogens with one attached hydrogen (secondary N) is 1. The minimum atomic E-state index is 0.434. The second-order valence-electron chi connectivity index (χ2n) is 6.00. The van der Waals surface area contributed by atoms with E-state index in [9.17, 15) is 0 Å². The fraction of sp³-hybridized carbons (Fsp3) is 0.474. The van der Waals surface area contributed by atoms with Gasteiger partial charge in [0.15, 0.2) is 0 Å².